The van der Waals surface area contributed by atoms with Gasteiger partial charge in [-0.2, -0.15) is 13.2 Å². The zero-order valence-electron chi connectivity index (χ0n) is 19.9. The first-order chi connectivity index (χ1) is 15.0. The molecule has 0 heterocycles. The van der Waals surface area contributed by atoms with E-state index in [-0.39, 0.29) is 17.7 Å². The molecule has 1 unspecified atom stereocenters. The Bertz CT molecular complexity index is 874. The van der Waals surface area contributed by atoms with Gasteiger partial charge in [-0.1, -0.05) is 24.3 Å². The van der Waals surface area contributed by atoms with E-state index in [0.717, 1.165) is 24.3 Å². The van der Waals surface area contributed by atoms with Gasteiger partial charge in [-0.3, -0.25) is 0 Å². The van der Waals surface area contributed by atoms with Crippen LogP contribution in [-0.2, 0) is 19.2 Å². The lowest BCUT2D eigenvalue weighted by Gasteiger charge is -2.54. The molecule has 2 rings (SSSR count). The van der Waals surface area contributed by atoms with Crippen LogP contribution < -0.4 is 0 Å². The lowest BCUT2D eigenvalue weighted by molar-refractivity contribution is -0.402. The van der Waals surface area contributed by atoms with Crippen LogP contribution in [0.4, 0.5) is 22.0 Å². The molecule has 0 spiro atoms. The standard InChI is InChI=1S/C23H31F5O3Si2/c1-8-29-22(23(26,27)28,31-33(5,6)7)21(30-32(2,3)4,17-9-13-19(24)14-10-17)18-11-15-20(25)16-12-18/h9-16H,8H2,1-7H3. The predicted octanol–water partition coefficient (Wildman–Crippen LogP) is 7.21. The zero-order valence-corrected chi connectivity index (χ0v) is 21.9. The van der Waals surface area contributed by atoms with Gasteiger partial charge in [-0.25, -0.2) is 8.78 Å². The zero-order chi connectivity index (χ0) is 25.3. The van der Waals surface area contributed by atoms with Gasteiger partial charge in [0.05, 0.1) is 0 Å². The van der Waals surface area contributed by atoms with Crippen molar-refractivity contribution < 1.29 is 35.5 Å². The molecule has 3 nitrogen and oxygen atoms in total. The second kappa shape index (κ2) is 9.57. The predicted molar refractivity (Wildman–Crippen MR) is 123 cm³/mol. The smallest absolute Gasteiger partial charge is 0.399 e. The molecular formula is C23H31F5O3Si2. The molecule has 0 amide bonds. The minimum absolute atomic E-state index is 0.0121. The van der Waals surface area contributed by atoms with E-state index in [1.807, 2.05) is 0 Å². The third-order valence-electron chi connectivity index (χ3n) is 4.59. The van der Waals surface area contributed by atoms with Gasteiger partial charge >= 0.3 is 6.18 Å². The minimum Gasteiger partial charge on any atom is -0.399 e. The van der Waals surface area contributed by atoms with Crippen molar-refractivity contribution in [3.8, 4) is 0 Å². The first-order valence-electron chi connectivity index (χ1n) is 10.6. The Labute approximate surface area is 194 Å². The largest absolute Gasteiger partial charge is 0.446 e. The van der Waals surface area contributed by atoms with Crippen LogP contribution in [0.5, 0.6) is 0 Å². The van der Waals surface area contributed by atoms with Crippen LogP contribution >= 0.6 is 0 Å². The van der Waals surface area contributed by atoms with Crippen LogP contribution in [0.3, 0.4) is 0 Å². The number of hydrogen-bond donors (Lipinski definition) is 0. The third kappa shape index (κ3) is 5.91. The summed E-state index contributed by atoms with van der Waals surface area (Å²) in [6.07, 6.45) is -5.08. The van der Waals surface area contributed by atoms with Crippen LogP contribution in [0.1, 0.15) is 18.1 Å². The SMILES string of the molecule is CCOC(O[Si](C)(C)C)(C(F)(F)F)C(O[Si](C)(C)C)(c1ccc(F)cc1)c1ccc(F)cc1. The molecule has 0 aliphatic carbocycles. The van der Waals surface area contributed by atoms with Gasteiger partial charge in [-0.05, 0) is 81.6 Å². The van der Waals surface area contributed by atoms with E-state index >= 15 is 13.2 Å². The highest BCUT2D eigenvalue weighted by Gasteiger charge is 2.73. The van der Waals surface area contributed by atoms with Crippen molar-refractivity contribution in [1.82, 2.24) is 0 Å². The number of rotatable bonds is 9. The Balaban J connectivity index is 3.14. The monoisotopic (exact) mass is 506 g/mol. The third-order valence-corrected chi connectivity index (χ3v) is 6.41. The molecule has 0 saturated carbocycles. The van der Waals surface area contributed by atoms with Gasteiger partial charge in [0.15, 0.2) is 22.2 Å². The van der Waals surface area contributed by atoms with E-state index in [2.05, 4.69) is 0 Å². The molecule has 0 fully saturated rings. The average Bonchev–Trinajstić information content (AvgIpc) is 2.64. The molecule has 0 aliphatic heterocycles. The maximum atomic E-state index is 15.3. The maximum absolute atomic E-state index is 15.3. The molecule has 0 saturated heterocycles. The molecule has 0 bridgehead atoms. The minimum atomic E-state index is -5.08. The van der Waals surface area contributed by atoms with Crippen molar-refractivity contribution in [3.63, 3.8) is 0 Å². The van der Waals surface area contributed by atoms with E-state index in [1.54, 1.807) is 39.3 Å². The maximum Gasteiger partial charge on any atom is 0.446 e. The summed E-state index contributed by atoms with van der Waals surface area (Å²) in [5, 5.41) is 0. The van der Waals surface area contributed by atoms with Gasteiger partial charge < -0.3 is 13.6 Å². The van der Waals surface area contributed by atoms with Crippen LogP contribution in [-0.4, -0.2) is 35.2 Å². The summed E-state index contributed by atoms with van der Waals surface area (Å²) in [6.45, 7) is 11.1. The lowest BCUT2D eigenvalue weighted by atomic mass is 9.78. The molecule has 1 atom stereocenters. The first kappa shape index (κ1) is 27.6. The molecule has 2 aromatic rings. The average molecular weight is 507 g/mol. The summed E-state index contributed by atoms with van der Waals surface area (Å²) in [4.78, 5) is 0. The Hall–Kier alpha value is -1.60. The molecule has 0 aromatic heterocycles. The van der Waals surface area contributed by atoms with E-state index in [1.165, 1.54) is 31.2 Å². The number of alkyl halides is 3. The van der Waals surface area contributed by atoms with E-state index in [0.29, 0.717) is 0 Å². The first-order valence-corrected chi connectivity index (χ1v) is 17.4. The van der Waals surface area contributed by atoms with Crippen LogP contribution in [0.15, 0.2) is 48.5 Å². The summed E-state index contributed by atoms with van der Waals surface area (Å²) < 4.78 is 91.3. The Morgan fingerprint density at radius 1 is 0.667 bits per heavy atom. The Morgan fingerprint density at radius 2 is 1.03 bits per heavy atom. The number of benzene rings is 2. The lowest BCUT2D eigenvalue weighted by Crippen LogP contribution is -2.70. The summed E-state index contributed by atoms with van der Waals surface area (Å²) in [6, 6.07) is 9.15. The van der Waals surface area contributed by atoms with Crippen molar-refractivity contribution in [2.45, 2.75) is 63.8 Å². The highest BCUT2D eigenvalue weighted by atomic mass is 28.4. The highest BCUT2D eigenvalue weighted by molar-refractivity contribution is 6.70. The summed E-state index contributed by atoms with van der Waals surface area (Å²) in [5.41, 5.74) is -2.42. The molecule has 2 aromatic carbocycles. The van der Waals surface area contributed by atoms with Gasteiger partial charge in [0.1, 0.15) is 11.6 Å². The van der Waals surface area contributed by atoms with E-state index < -0.39 is 45.8 Å². The second-order valence-corrected chi connectivity index (χ2v) is 18.5. The van der Waals surface area contributed by atoms with Crippen molar-refractivity contribution in [2.24, 2.45) is 0 Å². The van der Waals surface area contributed by atoms with Crippen LogP contribution in [0.25, 0.3) is 0 Å². The van der Waals surface area contributed by atoms with Gasteiger partial charge in [0, 0.05) is 6.61 Å². The molecular weight excluding hydrogens is 475 g/mol. The highest BCUT2D eigenvalue weighted by Crippen LogP contribution is 2.55. The van der Waals surface area contributed by atoms with Crippen molar-refractivity contribution >= 4 is 16.6 Å². The van der Waals surface area contributed by atoms with Crippen molar-refractivity contribution in [2.75, 3.05) is 6.61 Å². The second-order valence-electron chi connectivity index (χ2n) is 9.67. The molecule has 33 heavy (non-hydrogen) atoms. The molecule has 184 valence electrons. The summed E-state index contributed by atoms with van der Waals surface area (Å²) in [5.74, 6) is -4.53. The molecule has 0 aliphatic rings. The molecule has 10 heteroatoms. The van der Waals surface area contributed by atoms with Crippen LogP contribution in [0, 0.1) is 11.6 Å². The molecule has 0 N–H and O–H groups in total. The Kier molecular flexibility index (Phi) is 8.02. The fraction of sp³-hybridized carbons (Fsp3) is 0.478. The van der Waals surface area contributed by atoms with Crippen LogP contribution in [0.2, 0.25) is 39.3 Å². The Morgan fingerprint density at radius 3 is 1.30 bits per heavy atom. The van der Waals surface area contributed by atoms with Crippen molar-refractivity contribution in [1.29, 1.82) is 0 Å². The fourth-order valence-corrected chi connectivity index (χ4v) is 6.21. The number of hydrogen-bond acceptors (Lipinski definition) is 3. The normalized spacial score (nSPS) is 15.4. The molecule has 0 radical (unpaired) electrons. The number of halogens is 5. The van der Waals surface area contributed by atoms with Gasteiger partial charge in [-0.15, -0.1) is 0 Å². The topological polar surface area (TPSA) is 27.7 Å². The van der Waals surface area contributed by atoms with E-state index in [4.69, 9.17) is 13.6 Å². The summed E-state index contributed by atoms with van der Waals surface area (Å²) in [7, 11) is -5.78. The van der Waals surface area contributed by atoms with E-state index in [9.17, 15) is 8.78 Å². The quantitative estimate of drug-likeness (QED) is 0.204. The van der Waals surface area contributed by atoms with Gasteiger partial charge in [0.25, 0.3) is 5.79 Å². The fourth-order valence-electron chi connectivity index (χ4n) is 3.74. The van der Waals surface area contributed by atoms with Crippen molar-refractivity contribution in [3.05, 3.63) is 71.3 Å². The number of ether oxygens (including phenoxy) is 1. The van der Waals surface area contributed by atoms with Gasteiger partial charge in [0.2, 0.25) is 0 Å². The summed E-state index contributed by atoms with van der Waals surface area (Å²) >= 11 is 0.